The minimum atomic E-state index is -0.539. The second kappa shape index (κ2) is 6.04. The predicted octanol–water partition coefficient (Wildman–Crippen LogP) is 1.77. The Labute approximate surface area is 125 Å². The van der Waals surface area contributed by atoms with E-state index in [0.29, 0.717) is 5.75 Å². The maximum absolute atomic E-state index is 11.1. The van der Waals surface area contributed by atoms with Crippen LogP contribution in [-0.4, -0.2) is 28.5 Å². The van der Waals surface area contributed by atoms with Gasteiger partial charge in [-0.15, -0.1) is 0 Å². The Kier molecular flexibility index (Phi) is 3.78. The second-order valence-electron chi connectivity index (χ2n) is 4.44. The van der Waals surface area contributed by atoms with Gasteiger partial charge in [0.15, 0.2) is 5.82 Å². The number of hydrogen-bond donors (Lipinski definition) is 2. The van der Waals surface area contributed by atoms with E-state index < -0.39 is 5.69 Å². The quantitative estimate of drug-likeness (QED) is 0.565. The number of nitrogens with one attached hydrogen (secondary N) is 2. The fourth-order valence-electron chi connectivity index (χ4n) is 2.12. The molecule has 0 spiro atoms. The van der Waals surface area contributed by atoms with Crippen LogP contribution >= 0.6 is 0 Å². The highest BCUT2D eigenvalue weighted by Gasteiger charge is 2.05. The largest absolute Gasteiger partial charge is 0.496 e. The monoisotopic (exact) mass is 295 g/mol. The first-order valence-corrected chi connectivity index (χ1v) is 6.54. The molecule has 3 rings (SSSR count). The number of H-pyrrole nitrogens is 1. The van der Waals surface area contributed by atoms with Crippen LogP contribution in [0.25, 0.3) is 10.8 Å². The summed E-state index contributed by atoms with van der Waals surface area (Å²) in [6.07, 6.45) is 3.00. The van der Waals surface area contributed by atoms with Crippen LogP contribution in [0.1, 0.15) is 5.56 Å². The third-order valence-electron chi connectivity index (χ3n) is 3.09. The van der Waals surface area contributed by atoms with Crippen molar-refractivity contribution in [2.75, 3.05) is 12.5 Å². The number of aromatic amines is 1. The zero-order valence-electron chi connectivity index (χ0n) is 11.8. The minimum Gasteiger partial charge on any atom is -0.496 e. The molecule has 2 aromatic carbocycles. The molecule has 3 aromatic rings. The van der Waals surface area contributed by atoms with Gasteiger partial charge in [-0.3, -0.25) is 5.43 Å². The summed E-state index contributed by atoms with van der Waals surface area (Å²) in [5, 5.41) is 12.0. The van der Waals surface area contributed by atoms with Crippen molar-refractivity contribution in [3.05, 3.63) is 58.6 Å². The smallest absolute Gasteiger partial charge is 0.363 e. The average Bonchev–Trinajstić information content (AvgIpc) is 2.55. The van der Waals surface area contributed by atoms with Crippen molar-refractivity contribution in [2.45, 2.75) is 0 Å². The number of nitrogens with zero attached hydrogens (tertiary/aromatic N) is 3. The molecular weight excluding hydrogens is 282 g/mol. The molecule has 7 heteroatoms. The third kappa shape index (κ3) is 2.78. The molecule has 0 amide bonds. The van der Waals surface area contributed by atoms with Gasteiger partial charge in [0, 0.05) is 5.56 Å². The molecule has 0 atom stereocenters. The zero-order valence-corrected chi connectivity index (χ0v) is 11.8. The first-order valence-electron chi connectivity index (χ1n) is 6.54. The summed E-state index contributed by atoms with van der Waals surface area (Å²) in [6.45, 7) is 0. The van der Waals surface area contributed by atoms with E-state index in [1.54, 1.807) is 13.3 Å². The summed E-state index contributed by atoms with van der Waals surface area (Å²) >= 11 is 0. The molecule has 7 nitrogen and oxygen atoms in total. The molecule has 110 valence electrons. The van der Waals surface area contributed by atoms with Crippen molar-refractivity contribution in [1.29, 1.82) is 0 Å². The first kappa shape index (κ1) is 13.7. The van der Waals surface area contributed by atoms with Gasteiger partial charge < -0.3 is 4.74 Å². The second-order valence-corrected chi connectivity index (χ2v) is 4.44. The van der Waals surface area contributed by atoms with Gasteiger partial charge in [0.25, 0.3) is 0 Å². The van der Waals surface area contributed by atoms with Crippen LogP contribution in [0.2, 0.25) is 0 Å². The Balaban J connectivity index is 1.95. The number of hydrogen-bond acceptors (Lipinski definition) is 6. The molecule has 0 aliphatic rings. The van der Waals surface area contributed by atoms with Crippen LogP contribution in [0.4, 0.5) is 5.82 Å². The number of rotatable bonds is 4. The van der Waals surface area contributed by atoms with E-state index in [9.17, 15) is 4.79 Å². The van der Waals surface area contributed by atoms with Crippen molar-refractivity contribution in [3.63, 3.8) is 0 Å². The van der Waals surface area contributed by atoms with Crippen LogP contribution in [-0.2, 0) is 0 Å². The van der Waals surface area contributed by atoms with E-state index in [2.05, 4.69) is 25.7 Å². The average molecular weight is 295 g/mol. The molecule has 0 radical (unpaired) electrons. The Bertz CT molecular complexity index is 888. The third-order valence-corrected chi connectivity index (χ3v) is 3.09. The SMILES string of the molecule is COc1ccc2ccccc2c1/C=N/Nc1cn[nH]c(=O)n1. The van der Waals surface area contributed by atoms with Gasteiger partial charge in [0.2, 0.25) is 0 Å². The van der Waals surface area contributed by atoms with Gasteiger partial charge >= 0.3 is 5.69 Å². The lowest BCUT2D eigenvalue weighted by Gasteiger charge is -2.08. The van der Waals surface area contributed by atoms with Crippen LogP contribution in [0, 0.1) is 0 Å². The first-order chi connectivity index (χ1) is 10.8. The van der Waals surface area contributed by atoms with Gasteiger partial charge in [-0.2, -0.15) is 15.2 Å². The summed E-state index contributed by atoms with van der Waals surface area (Å²) in [6, 6.07) is 11.8. The summed E-state index contributed by atoms with van der Waals surface area (Å²) < 4.78 is 5.37. The van der Waals surface area contributed by atoms with Crippen molar-refractivity contribution >= 4 is 22.8 Å². The van der Waals surface area contributed by atoms with Gasteiger partial charge in [-0.05, 0) is 16.8 Å². The summed E-state index contributed by atoms with van der Waals surface area (Å²) in [5.41, 5.74) is 2.97. The van der Waals surface area contributed by atoms with E-state index in [1.165, 1.54) is 6.20 Å². The molecule has 2 N–H and O–H groups in total. The zero-order chi connectivity index (χ0) is 15.4. The number of methoxy groups -OCH3 is 1. The Morgan fingerprint density at radius 1 is 1.27 bits per heavy atom. The number of ether oxygens (including phenoxy) is 1. The number of fused-ring (bicyclic) bond motifs is 1. The molecule has 0 fully saturated rings. The topological polar surface area (TPSA) is 92.3 Å². The Morgan fingerprint density at radius 2 is 2.14 bits per heavy atom. The molecule has 0 aliphatic carbocycles. The van der Waals surface area contributed by atoms with Crippen LogP contribution < -0.4 is 15.9 Å². The molecule has 0 saturated carbocycles. The number of aromatic nitrogens is 3. The van der Waals surface area contributed by atoms with Crippen LogP contribution in [0.15, 0.2) is 52.5 Å². The summed E-state index contributed by atoms with van der Waals surface area (Å²) in [7, 11) is 1.61. The minimum absolute atomic E-state index is 0.263. The molecule has 0 saturated heterocycles. The fraction of sp³-hybridized carbons (Fsp3) is 0.0667. The lowest BCUT2D eigenvalue weighted by molar-refractivity contribution is 0.415. The molecule has 1 aromatic heterocycles. The number of anilines is 1. The van der Waals surface area contributed by atoms with Crippen molar-refractivity contribution in [1.82, 2.24) is 15.2 Å². The van der Waals surface area contributed by atoms with E-state index in [-0.39, 0.29) is 5.82 Å². The summed E-state index contributed by atoms with van der Waals surface area (Å²) in [5.74, 6) is 0.973. The summed E-state index contributed by atoms with van der Waals surface area (Å²) in [4.78, 5) is 14.7. The van der Waals surface area contributed by atoms with Gasteiger partial charge in [0.1, 0.15) is 5.75 Å². The normalized spacial score (nSPS) is 11.0. The van der Waals surface area contributed by atoms with E-state index in [0.717, 1.165) is 16.3 Å². The molecule has 0 unspecified atom stereocenters. The fourth-order valence-corrected chi connectivity index (χ4v) is 2.12. The molecule has 0 bridgehead atoms. The Hall–Kier alpha value is -3.22. The maximum atomic E-state index is 11.1. The number of hydrazone groups is 1. The highest BCUT2D eigenvalue weighted by Crippen LogP contribution is 2.26. The van der Waals surface area contributed by atoms with Crippen LogP contribution in [0.5, 0.6) is 5.75 Å². The Morgan fingerprint density at radius 3 is 2.95 bits per heavy atom. The molecule has 0 aliphatic heterocycles. The van der Waals surface area contributed by atoms with E-state index in [1.807, 2.05) is 36.4 Å². The van der Waals surface area contributed by atoms with Crippen molar-refractivity contribution in [2.24, 2.45) is 5.10 Å². The highest BCUT2D eigenvalue weighted by atomic mass is 16.5. The predicted molar refractivity (Wildman–Crippen MR) is 84.4 cm³/mol. The molecule has 22 heavy (non-hydrogen) atoms. The van der Waals surface area contributed by atoms with Gasteiger partial charge in [0.05, 0.1) is 19.5 Å². The maximum Gasteiger partial charge on any atom is 0.363 e. The van der Waals surface area contributed by atoms with E-state index >= 15 is 0 Å². The number of benzene rings is 2. The lowest BCUT2D eigenvalue weighted by atomic mass is 10.0. The van der Waals surface area contributed by atoms with Crippen molar-refractivity contribution < 1.29 is 4.74 Å². The standard InChI is InChI=1S/C15H13N5O2/c1-22-13-7-6-10-4-2-3-5-11(10)12(13)8-16-19-14-9-17-20-15(21)18-14/h2-9H,1H3,(H2,18,19,20,21)/b16-8+. The van der Waals surface area contributed by atoms with Crippen molar-refractivity contribution in [3.8, 4) is 5.75 Å². The van der Waals surface area contributed by atoms with Gasteiger partial charge in [-0.25, -0.2) is 9.89 Å². The lowest BCUT2D eigenvalue weighted by Crippen LogP contribution is -2.13. The highest BCUT2D eigenvalue weighted by molar-refractivity contribution is 6.02. The molecular formula is C15H13N5O2. The molecule has 1 heterocycles. The van der Waals surface area contributed by atoms with Crippen LogP contribution in [0.3, 0.4) is 0 Å². The van der Waals surface area contributed by atoms with E-state index in [4.69, 9.17) is 4.74 Å². The van der Waals surface area contributed by atoms with Gasteiger partial charge in [-0.1, -0.05) is 30.3 Å².